The molecule has 4 heteroatoms. The molecule has 9 aromatic carbocycles. The minimum atomic E-state index is -0.183. The Kier molecular flexibility index (Phi) is 9.24. The van der Waals surface area contributed by atoms with Crippen LogP contribution in [-0.2, 0) is 5.41 Å². The highest BCUT2D eigenvalue weighted by Gasteiger charge is 2.37. The molecule has 0 fully saturated rings. The van der Waals surface area contributed by atoms with Crippen LogP contribution < -0.4 is 14.7 Å². The molecule has 0 spiro atoms. The Morgan fingerprint density at radius 2 is 0.794 bits per heavy atom. The highest BCUT2D eigenvalue weighted by Crippen LogP contribution is 2.53. The van der Waals surface area contributed by atoms with Crippen LogP contribution >= 0.6 is 0 Å². The van der Waals surface area contributed by atoms with Gasteiger partial charge in [-0.15, -0.1) is 0 Å². The van der Waals surface area contributed by atoms with E-state index in [9.17, 15) is 0 Å². The summed E-state index contributed by atoms with van der Waals surface area (Å²) in [4.78, 5) is 7.23. The molecule has 0 atom stereocenters. The lowest BCUT2D eigenvalue weighted by molar-refractivity contribution is 0.632. The van der Waals surface area contributed by atoms with Gasteiger partial charge in [0.1, 0.15) is 0 Å². The lowest BCUT2D eigenvalue weighted by Crippen LogP contribution is -2.30. The van der Waals surface area contributed by atoms with E-state index in [2.05, 4.69) is 265 Å². The molecular formula is C59H48N4. The van der Waals surface area contributed by atoms with E-state index in [1.54, 1.807) is 0 Å². The van der Waals surface area contributed by atoms with Crippen molar-refractivity contribution >= 4 is 73.0 Å². The fraction of sp³-hybridized carbons (Fsp3) is 0.0847. The third-order valence-corrected chi connectivity index (χ3v) is 12.8. The molecule has 0 unspecified atom stereocenters. The van der Waals surface area contributed by atoms with Crippen LogP contribution in [0.1, 0.15) is 36.1 Å². The Bertz CT molecular complexity index is 3140. The molecule has 304 valence electrons. The van der Waals surface area contributed by atoms with E-state index in [-0.39, 0.29) is 5.41 Å². The number of para-hydroxylation sites is 5. The van der Waals surface area contributed by atoms with Gasteiger partial charge in [-0.2, -0.15) is 0 Å². The van der Waals surface area contributed by atoms with Gasteiger partial charge in [-0.1, -0.05) is 140 Å². The normalized spacial score (nSPS) is 12.9. The van der Waals surface area contributed by atoms with Crippen LogP contribution in [0, 0.1) is 13.8 Å². The number of aryl methyl sites for hydroxylation is 2. The Morgan fingerprint density at radius 1 is 0.349 bits per heavy atom. The Hall–Kier alpha value is -7.82. The van der Waals surface area contributed by atoms with E-state index in [0.717, 1.165) is 56.5 Å². The third kappa shape index (κ3) is 6.54. The van der Waals surface area contributed by atoms with Gasteiger partial charge in [-0.3, -0.25) is 0 Å². The van der Waals surface area contributed by atoms with Crippen LogP contribution in [0.2, 0.25) is 0 Å². The van der Waals surface area contributed by atoms with E-state index in [1.165, 1.54) is 44.4 Å². The zero-order valence-corrected chi connectivity index (χ0v) is 36.1. The summed E-state index contributed by atoms with van der Waals surface area (Å²) in [6.45, 7) is 9.00. The smallest absolute Gasteiger partial charge is 0.0542 e. The lowest BCUT2D eigenvalue weighted by atomic mass is 9.73. The van der Waals surface area contributed by atoms with Crippen molar-refractivity contribution in [3.8, 4) is 5.69 Å². The van der Waals surface area contributed by atoms with Crippen molar-refractivity contribution in [1.82, 2.24) is 4.57 Å². The predicted octanol–water partition coefficient (Wildman–Crippen LogP) is 16.4. The standard InChI is InChI=1S/C59H48N4/c1-41-27-31-45(32-28-41)61(46-33-29-42(2)30-34-46)48-37-49(39-50(38-48)63-57-25-15-12-22-53(57)59(3,4)54-23-13-16-26-58(54)63)62-55-24-14-11-21-51(55)52-40-47(35-36-56(52)62)60(43-17-7-5-8-18-43)44-19-9-6-10-20-44/h5-40H,1-4H3. The molecule has 0 radical (unpaired) electrons. The first kappa shape index (κ1) is 38.1. The molecule has 0 saturated heterocycles. The highest BCUT2D eigenvalue weighted by atomic mass is 15.2. The Balaban J connectivity index is 1.19. The van der Waals surface area contributed by atoms with Crippen LogP contribution in [0.5, 0.6) is 0 Å². The van der Waals surface area contributed by atoms with Gasteiger partial charge < -0.3 is 19.3 Å². The van der Waals surface area contributed by atoms with Crippen LogP contribution in [0.3, 0.4) is 0 Å². The summed E-state index contributed by atoms with van der Waals surface area (Å²) in [5, 5.41) is 2.39. The number of nitrogens with zero attached hydrogens (tertiary/aromatic N) is 4. The topological polar surface area (TPSA) is 14.7 Å². The van der Waals surface area contributed by atoms with Crippen LogP contribution in [0.4, 0.5) is 51.2 Å². The Morgan fingerprint density at radius 3 is 1.38 bits per heavy atom. The van der Waals surface area contributed by atoms with Gasteiger partial charge in [0.05, 0.1) is 39.5 Å². The molecule has 0 saturated carbocycles. The van der Waals surface area contributed by atoms with Gasteiger partial charge in [0, 0.05) is 44.6 Å². The molecule has 1 aliphatic rings. The molecular weight excluding hydrogens is 765 g/mol. The molecule has 10 aromatic rings. The average molecular weight is 813 g/mol. The number of rotatable bonds is 8. The van der Waals surface area contributed by atoms with Gasteiger partial charge >= 0.3 is 0 Å². The minimum absolute atomic E-state index is 0.183. The first-order valence-electron chi connectivity index (χ1n) is 21.8. The second kappa shape index (κ2) is 15.3. The van der Waals surface area contributed by atoms with Crippen molar-refractivity contribution in [2.24, 2.45) is 0 Å². The molecule has 11 rings (SSSR count). The SMILES string of the molecule is Cc1ccc(N(c2ccc(C)cc2)c2cc(N3c4ccccc4C(C)(C)c4ccccc43)cc(-n3c4ccccc4c4cc(N(c5ccccc5)c5ccccc5)ccc43)c2)cc1. The number of aromatic nitrogens is 1. The monoisotopic (exact) mass is 812 g/mol. The maximum Gasteiger partial charge on any atom is 0.0542 e. The minimum Gasteiger partial charge on any atom is -0.310 e. The Labute approximate surface area is 370 Å². The van der Waals surface area contributed by atoms with Gasteiger partial charge in [0.2, 0.25) is 0 Å². The van der Waals surface area contributed by atoms with Gasteiger partial charge in [0.25, 0.3) is 0 Å². The zero-order valence-electron chi connectivity index (χ0n) is 36.1. The average Bonchev–Trinajstić information content (AvgIpc) is 3.65. The molecule has 2 heterocycles. The second-order valence-corrected chi connectivity index (χ2v) is 17.3. The summed E-state index contributed by atoms with van der Waals surface area (Å²) < 4.78 is 2.46. The van der Waals surface area contributed by atoms with Crippen molar-refractivity contribution in [1.29, 1.82) is 0 Å². The second-order valence-electron chi connectivity index (χ2n) is 17.3. The molecule has 0 aliphatic carbocycles. The molecule has 1 aromatic heterocycles. The molecule has 63 heavy (non-hydrogen) atoms. The zero-order chi connectivity index (χ0) is 42.7. The maximum atomic E-state index is 2.48. The van der Waals surface area contributed by atoms with E-state index in [4.69, 9.17) is 0 Å². The quantitative estimate of drug-likeness (QED) is 0.152. The fourth-order valence-corrected chi connectivity index (χ4v) is 9.73. The number of hydrogen-bond donors (Lipinski definition) is 0. The van der Waals surface area contributed by atoms with Crippen molar-refractivity contribution in [2.75, 3.05) is 14.7 Å². The maximum absolute atomic E-state index is 2.48. The predicted molar refractivity (Wildman–Crippen MR) is 266 cm³/mol. The van der Waals surface area contributed by atoms with Crippen molar-refractivity contribution < 1.29 is 0 Å². The van der Waals surface area contributed by atoms with Gasteiger partial charge in [-0.05, 0) is 128 Å². The van der Waals surface area contributed by atoms with E-state index in [0.29, 0.717) is 0 Å². The van der Waals surface area contributed by atoms with Crippen molar-refractivity contribution in [3.05, 3.63) is 241 Å². The van der Waals surface area contributed by atoms with Gasteiger partial charge in [-0.25, -0.2) is 0 Å². The van der Waals surface area contributed by atoms with E-state index < -0.39 is 0 Å². The summed E-state index contributed by atoms with van der Waals surface area (Å²) in [7, 11) is 0. The summed E-state index contributed by atoms with van der Waals surface area (Å²) >= 11 is 0. The van der Waals surface area contributed by atoms with Crippen molar-refractivity contribution in [2.45, 2.75) is 33.1 Å². The fourth-order valence-electron chi connectivity index (χ4n) is 9.73. The van der Waals surface area contributed by atoms with Crippen LogP contribution in [0.25, 0.3) is 27.5 Å². The summed E-state index contributed by atoms with van der Waals surface area (Å²) in [6.07, 6.45) is 0. The number of anilines is 9. The first-order valence-corrected chi connectivity index (χ1v) is 21.8. The molecule has 1 aliphatic heterocycles. The van der Waals surface area contributed by atoms with Crippen molar-refractivity contribution in [3.63, 3.8) is 0 Å². The van der Waals surface area contributed by atoms with Gasteiger partial charge in [0.15, 0.2) is 0 Å². The third-order valence-electron chi connectivity index (χ3n) is 12.8. The largest absolute Gasteiger partial charge is 0.310 e. The van der Waals surface area contributed by atoms with Crippen LogP contribution in [0.15, 0.2) is 218 Å². The summed E-state index contributed by atoms with van der Waals surface area (Å²) in [5.41, 5.74) is 18.3. The lowest BCUT2D eigenvalue weighted by Gasteiger charge is -2.42. The van der Waals surface area contributed by atoms with E-state index >= 15 is 0 Å². The highest BCUT2D eigenvalue weighted by molar-refractivity contribution is 6.11. The molecule has 0 amide bonds. The molecule has 0 bridgehead atoms. The number of benzene rings is 9. The summed E-state index contributed by atoms with van der Waals surface area (Å²) in [5.74, 6) is 0. The summed E-state index contributed by atoms with van der Waals surface area (Å²) in [6, 6.07) is 79.9. The number of hydrogen-bond acceptors (Lipinski definition) is 3. The first-order chi connectivity index (χ1) is 30.8. The van der Waals surface area contributed by atoms with E-state index in [1.807, 2.05) is 0 Å². The van der Waals surface area contributed by atoms with Crippen LogP contribution in [-0.4, -0.2) is 4.57 Å². The number of fused-ring (bicyclic) bond motifs is 5. The molecule has 4 nitrogen and oxygen atoms in total. The molecule has 0 N–H and O–H groups in total.